The van der Waals surface area contributed by atoms with E-state index in [1.165, 1.54) is 30.2 Å². The highest BCUT2D eigenvalue weighted by molar-refractivity contribution is 8.00. The van der Waals surface area contributed by atoms with E-state index in [1.807, 2.05) is 31.2 Å². The summed E-state index contributed by atoms with van der Waals surface area (Å²) in [5.41, 5.74) is 1.72. The third-order valence-electron chi connectivity index (χ3n) is 3.59. The molecule has 1 amide bonds. The quantitative estimate of drug-likeness (QED) is 0.567. The summed E-state index contributed by atoms with van der Waals surface area (Å²) in [5.74, 6) is -0.130. The van der Waals surface area contributed by atoms with Crippen LogP contribution in [0.3, 0.4) is 0 Å². The Morgan fingerprint density at radius 1 is 1.17 bits per heavy atom. The van der Waals surface area contributed by atoms with Gasteiger partial charge < -0.3 is 5.32 Å². The summed E-state index contributed by atoms with van der Waals surface area (Å²) in [6.07, 6.45) is 1.50. The van der Waals surface area contributed by atoms with Crippen LogP contribution in [0.15, 0.2) is 59.9 Å². The molecule has 0 aliphatic heterocycles. The number of amides is 1. The maximum Gasteiger partial charge on any atom is 0.230 e. The molecule has 0 spiro atoms. The molecular weight excluding hydrogens is 325 g/mol. The van der Waals surface area contributed by atoms with E-state index in [-0.39, 0.29) is 23.5 Å². The molecule has 1 atom stereocenters. The second-order valence-corrected chi connectivity index (χ2v) is 6.29. The Bertz CT molecular complexity index is 849. The van der Waals surface area contributed by atoms with Crippen LogP contribution in [0, 0.1) is 5.82 Å². The van der Waals surface area contributed by atoms with Crippen LogP contribution in [0.4, 0.5) is 4.39 Å². The summed E-state index contributed by atoms with van der Waals surface area (Å²) in [6.45, 7) is 1.87. The smallest absolute Gasteiger partial charge is 0.230 e. The molecule has 0 aliphatic carbocycles. The van der Waals surface area contributed by atoms with Crippen LogP contribution in [0.25, 0.3) is 10.9 Å². The number of nitrogens with one attached hydrogen (secondary N) is 1. The maximum atomic E-state index is 12.9. The van der Waals surface area contributed by atoms with E-state index in [9.17, 15) is 9.18 Å². The number of rotatable bonds is 5. The van der Waals surface area contributed by atoms with Gasteiger partial charge in [0.1, 0.15) is 17.2 Å². The SMILES string of the molecule is C[C@H](NC(=O)CSc1ncnc2ccccc12)c1ccc(F)cc1. The Morgan fingerprint density at radius 2 is 1.92 bits per heavy atom. The van der Waals surface area contributed by atoms with Crippen LogP contribution in [-0.4, -0.2) is 21.6 Å². The van der Waals surface area contributed by atoms with Crippen molar-refractivity contribution in [2.45, 2.75) is 18.0 Å². The molecule has 0 saturated carbocycles. The second kappa shape index (κ2) is 7.40. The maximum absolute atomic E-state index is 12.9. The Balaban J connectivity index is 1.62. The van der Waals surface area contributed by atoms with E-state index in [0.29, 0.717) is 0 Å². The van der Waals surface area contributed by atoms with Crippen molar-refractivity contribution in [2.24, 2.45) is 0 Å². The molecule has 0 fully saturated rings. The predicted octanol–water partition coefficient (Wildman–Crippen LogP) is 3.74. The zero-order chi connectivity index (χ0) is 16.9. The Hall–Kier alpha value is -2.47. The van der Waals surface area contributed by atoms with Gasteiger partial charge in [0.15, 0.2) is 0 Å². The van der Waals surface area contributed by atoms with E-state index >= 15 is 0 Å². The first-order valence-corrected chi connectivity index (χ1v) is 8.49. The average molecular weight is 341 g/mol. The van der Waals surface area contributed by atoms with Crippen molar-refractivity contribution in [3.63, 3.8) is 0 Å². The number of carbonyl (C=O) groups excluding carboxylic acids is 1. The molecule has 0 unspecified atom stereocenters. The minimum Gasteiger partial charge on any atom is -0.349 e. The van der Waals surface area contributed by atoms with Crippen LogP contribution in [0.1, 0.15) is 18.5 Å². The van der Waals surface area contributed by atoms with Crippen LogP contribution < -0.4 is 5.32 Å². The third-order valence-corrected chi connectivity index (χ3v) is 4.60. The van der Waals surface area contributed by atoms with Gasteiger partial charge in [-0.1, -0.05) is 42.1 Å². The molecule has 1 N–H and O–H groups in total. The minimum absolute atomic E-state index is 0.0977. The Morgan fingerprint density at radius 3 is 2.71 bits per heavy atom. The lowest BCUT2D eigenvalue weighted by Crippen LogP contribution is -2.28. The van der Waals surface area contributed by atoms with Crippen LogP contribution in [0.2, 0.25) is 0 Å². The zero-order valence-corrected chi connectivity index (χ0v) is 13.9. The van der Waals surface area contributed by atoms with Crippen LogP contribution in [-0.2, 0) is 4.79 Å². The Labute approximate surface area is 143 Å². The molecule has 1 heterocycles. The van der Waals surface area contributed by atoms with Crippen molar-refractivity contribution < 1.29 is 9.18 Å². The van der Waals surface area contributed by atoms with Gasteiger partial charge in [0.25, 0.3) is 0 Å². The summed E-state index contributed by atoms with van der Waals surface area (Å²) in [7, 11) is 0. The molecular formula is C18H16FN3OS. The van der Waals surface area contributed by atoms with Gasteiger partial charge in [-0.25, -0.2) is 14.4 Å². The van der Waals surface area contributed by atoms with E-state index in [0.717, 1.165) is 21.5 Å². The van der Waals surface area contributed by atoms with Gasteiger partial charge in [-0.15, -0.1) is 0 Å². The van der Waals surface area contributed by atoms with Crippen molar-refractivity contribution in [3.05, 3.63) is 66.2 Å². The number of aromatic nitrogens is 2. The normalized spacial score (nSPS) is 12.1. The summed E-state index contributed by atoms with van der Waals surface area (Å²) in [5, 5.41) is 4.63. The Kier molecular flexibility index (Phi) is 5.05. The van der Waals surface area contributed by atoms with Crippen molar-refractivity contribution in [1.29, 1.82) is 0 Å². The second-order valence-electron chi connectivity index (χ2n) is 5.33. The van der Waals surface area contributed by atoms with Gasteiger partial charge in [0, 0.05) is 5.39 Å². The molecule has 0 radical (unpaired) electrons. The van der Waals surface area contributed by atoms with E-state index in [1.54, 1.807) is 12.1 Å². The topological polar surface area (TPSA) is 54.9 Å². The number of carbonyl (C=O) groups is 1. The summed E-state index contributed by atoms with van der Waals surface area (Å²) >= 11 is 1.37. The number of nitrogens with zero attached hydrogens (tertiary/aromatic N) is 2. The van der Waals surface area contributed by atoms with Crippen molar-refractivity contribution in [2.75, 3.05) is 5.75 Å². The highest BCUT2D eigenvalue weighted by Gasteiger charge is 2.11. The number of thioether (sulfide) groups is 1. The van der Waals surface area contributed by atoms with E-state index < -0.39 is 0 Å². The number of hydrogen-bond acceptors (Lipinski definition) is 4. The average Bonchev–Trinajstić information content (AvgIpc) is 2.60. The fourth-order valence-corrected chi connectivity index (χ4v) is 3.15. The fourth-order valence-electron chi connectivity index (χ4n) is 2.35. The number of halogens is 1. The fraction of sp³-hybridized carbons (Fsp3) is 0.167. The van der Waals surface area contributed by atoms with Crippen molar-refractivity contribution in [1.82, 2.24) is 15.3 Å². The predicted molar refractivity (Wildman–Crippen MR) is 93.2 cm³/mol. The lowest BCUT2D eigenvalue weighted by atomic mass is 10.1. The lowest BCUT2D eigenvalue weighted by Gasteiger charge is -2.14. The van der Waals surface area contributed by atoms with Gasteiger partial charge in [-0.3, -0.25) is 4.79 Å². The first-order chi connectivity index (χ1) is 11.6. The number of para-hydroxylation sites is 1. The number of hydrogen-bond donors (Lipinski definition) is 1. The molecule has 24 heavy (non-hydrogen) atoms. The highest BCUT2D eigenvalue weighted by Crippen LogP contribution is 2.24. The first kappa shape index (κ1) is 16.4. The minimum atomic E-state index is -0.288. The highest BCUT2D eigenvalue weighted by atomic mass is 32.2. The number of fused-ring (bicyclic) bond motifs is 1. The molecule has 4 nitrogen and oxygen atoms in total. The lowest BCUT2D eigenvalue weighted by molar-refractivity contribution is -0.119. The van der Waals surface area contributed by atoms with Gasteiger partial charge in [0.05, 0.1) is 17.3 Å². The molecule has 1 aromatic heterocycles. The number of benzene rings is 2. The van der Waals surface area contributed by atoms with E-state index in [2.05, 4.69) is 15.3 Å². The van der Waals surface area contributed by atoms with Gasteiger partial charge in [-0.05, 0) is 30.7 Å². The molecule has 3 aromatic rings. The molecule has 0 bridgehead atoms. The van der Waals surface area contributed by atoms with Crippen molar-refractivity contribution >= 4 is 28.6 Å². The summed E-state index contributed by atoms with van der Waals surface area (Å²) < 4.78 is 12.9. The molecule has 0 saturated heterocycles. The van der Waals surface area contributed by atoms with Crippen LogP contribution >= 0.6 is 11.8 Å². The zero-order valence-electron chi connectivity index (χ0n) is 13.1. The molecule has 122 valence electrons. The standard InChI is InChI=1S/C18H16FN3OS/c1-12(13-6-8-14(19)9-7-13)22-17(23)10-24-18-15-4-2-3-5-16(15)20-11-21-18/h2-9,11-12H,10H2,1H3,(H,22,23)/t12-/m0/s1. The summed E-state index contributed by atoms with van der Waals surface area (Å²) in [6, 6.07) is 13.6. The molecule has 0 aliphatic rings. The van der Waals surface area contributed by atoms with Crippen molar-refractivity contribution in [3.8, 4) is 0 Å². The summed E-state index contributed by atoms with van der Waals surface area (Å²) in [4.78, 5) is 20.6. The van der Waals surface area contributed by atoms with Gasteiger partial charge in [-0.2, -0.15) is 0 Å². The van der Waals surface area contributed by atoms with Crippen LogP contribution in [0.5, 0.6) is 0 Å². The van der Waals surface area contributed by atoms with Gasteiger partial charge >= 0.3 is 0 Å². The largest absolute Gasteiger partial charge is 0.349 e. The van der Waals surface area contributed by atoms with E-state index in [4.69, 9.17) is 0 Å². The van der Waals surface area contributed by atoms with Gasteiger partial charge in [0.2, 0.25) is 5.91 Å². The first-order valence-electron chi connectivity index (χ1n) is 7.51. The molecule has 2 aromatic carbocycles. The monoisotopic (exact) mass is 341 g/mol. The molecule has 3 rings (SSSR count). The third kappa shape index (κ3) is 3.89. The molecule has 6 heteroatoms.